The van der Waals surface area contributed by atoms with Crippen LogP contribution in [0.2, 0.25) is 0 Å². The minimum absolute atomic E-state index is 0.196. The lowest BCUT2D eigenvalue weighted by molar-refractivity contribution is 0.172. The van der Waals surface area contributed by atoms with E-state index in [0.717, 1.165) is 17.2 Å². The molecule has 2 aliphatic heterocycles. The average molecular weight is 289 g/mol. The van der Waals surface area contributed by atoms with Crippen LogP contribution in [0.1, 0.15) is 0 Å². The van der Waals surface area contributed by atoms with Gasteiger partial charge in [0, 0.05) is 13.1 Å². The largest absolute Gasteiger partial charge is 0.486 e. The lowest BCUT2D eigenvalue weighted by atomic mass is 10.2. The van der Waals surface area contributed by atoms with E-state index in [2.05, 4.69) is 5.32 Å². The van der Waals surface area contributed by atoms with Crippen LogP contribution in [0.4, 0.5) is 5.69 Å². The summed E-state index contributed by atoms with van der Waals surface area (Å²) in [6.07, 6.45) is 0. The van der Waals surface area contributed by atoms with Gasteiger partial charge in [0.15, 0.2) is 11.5 Å². The number of halogens is 2. The Morgan fingerprint density at radius 3 is 2.61 bits per heavy atom. The van der Waals surface area contributed by atoms with E-state index < -0.39 is 0 Å². The van der Waals surface area contributed by atoms with Gasteiger partial charge in [-0.1, -0.05) is 29.3 Å². The number of nitrogens with zero attached hydrogens (tertiary/aromatic N) is 1. The molecule has 0 aromatic heterocycles. The zero-order valence-corrected chi connectivity index (χ0v) is 11.2. The fourth-order valence-electron chi connectivity index (χ4n) is 2.26. The van der Waals surface area contributed by atoms with Crippen LogP contribution in [-0.2, 0) is 0 Å². The molecule has 2 aliphatic rings. The molecule has 0 saturated carbocycles. The molecule has 0 aliphatic carbocycles. The Labute approximate surface area is 116 Å². The van der Waals surface area contributed by atoms with E-state index in [9.17, 15) is 0 Å². The van der Waals surface area contributed by atoms with Crippen molar-refractivity contribution in [3.63, 3.8) is 0 Å². The Bertz CT molecular complexity index is 434. The summed E-state index contributed by atoms with van der Waals surface area (Å²) in [7, 11) is 0. The van der Waals surface area contributed by atoms with Crippen molar-refractivity contribution in [2.45, 2.75) is 11.0 Å². The van der Waals surface area contributed by atoms with Gasteiger partial charge in [-0.15, -0.1) is 0 Å². The molecule has 6 heteroatoms. The number of benzene rings is 1. The van der Waals surface area contributed by atoms with Crippen molar-refractivity contribution >= 4 is 28.9 Å². The van der Waals surface area contributed by atoms with Crippen LogP contribution in [0.5, 0.6) is 11.5 Å². The third kappa shape index (κ3) is 2.09. The Hall–Kier alpha value is -0.840. The summed E-state index contributed by atoms with van der Waals surface area (Å²) >= 11 is 12.7. The number of hydrogen-bond acceptors (Lipinski definition) is 4. The zero-order valence-electron chi connectivity index (χ0n) is 9.73. The molecule has 4 nitrogen and oxygen atoms in total. The van der Waals surface area contributed by atoms with Gasteiger partial charge < -0.3 is 19.7 Å². The highest BCUT2D eigenvalue weighted by molar-refractivity contribution is 6.26. The van der Waals surface area contributed by atoms with Gasteiger partial charge in [0.2, 0.25) is 0 Å². The summed E-state index contributed by atoms with van der Waals surface area (Å²) < 4.78 is 11.3. The first-order valence-electron chi connectivity index (χ1n) is 5.93. The number of nitrogens with one attached hydrogen (secondary N) is 1. The Kier molecular flexibility index (Phi) is 3.41. The second-order valence-electron chi connectivity index (χ2n) is 4.24. The highest BCUT2D eigenvalue weighted by atomic mass is 35.5. The number of hydrogen-bond donors (Lipinski definition) is 1. The maximum Gasteiger partial charge on any atom is 0.184 e. The van der Waals surface area contributed by atoms with E-state index >= 15 is 0 Å². The smallest absolute Gasteiger partial charge is 0.184 e. The second kappa shape index (κ2) is 5.03. The molecule has 98 valence electrons. The van der Waals surface area contributed by atoms with Crippen molar-refractivity contribution < 1.29 is 9.47 Å². The van der Waals surface area contributed by atoms with E-state index in [0.29, 0.717) is 26.3 Å². The van der Waals surface area contributed by atoms with Crippen molar-refractivity contribution in [2.24, 2.45) is 0 Å². The van der Waals surface area contributed by atoms with Crippen LogP contribution in [-0.4, -0.2) is 37.3 Å². The zero-order chi connectivity index (χ0) is 12.5. The van der Waals surface area contributed by atoms with Gasteiger partial charge in [0.25, 0.3) is 0 Å². The number of piperazine rings is 1. The number of rotatable bonds is 1. The van der Waals surface area contributed by atoms with E-state index in [1.165, 1.54) is 0 Å². The van der Waals surface area contributed by atoms with Crippen molar-refractivity contribution in [1.82, 2.24) is 5.32 Å². The van der Waals surface area contributed by atoms with Gasteiger partial charge in [0.05, 0.1) is 5.69 Å². The highest BCUT2D eigenvalue weighted by Gasteiger charge is 2.31. The molecule has 1 N–H and O–H groups in total. The van der Waals surface area contributed by atoms with Gasteiger partial charge in [0.1, 0.15) is 24.2 Å². The summed E-state index contributed by atoms with van der Waals surface area (Å²) in [5.74, 6) is 1.49. The highest BCUT2D eigenvalue weighted by Crippen LogP contribution is 2.42. The van der Waals surface area contributed by atoms with Gasteiger partial charge >= 0.3 is 0 Å². The maximum absolute atomic E-state index is 6.34. The Morgan fingerprint density at radius 2 is 1.83 bits per heavy atom. The topological polar surface area (TPSA) is 33.7 Å². The predicted molar refractivity (Wildman–Crippen MR) is 72.1 cm³/mol. The second-order valence-corrected chi connectivity index (χ2v) is 5.24. The average Bonchev–Trinajstić information content (AvgIpc) is 2.39. The van der Waals surface area contributed by atoms with Crippen LogP contribution in [0.25, 0.3) is 0 Å². The SMILES string of the molecule is ClC1CNCC(Cl)N1c1cccc2c1OCCO2. The number of fused-ring (bicyclic) bond motifs is 1. The third-order valence-electron chi connectivity index (χ3n) is 3.05. The fraction of sp³-hybridized carbons (Fsp3) is 0.500. The molecule has 0 amide bonds. The number of alkyl halides is 2. The quantitative estimate of drug-likeness (QED) is 0.633. The van der Waals surface area contributed by atoms with Gasteiger partial charge in [-0.05, 0) is 12.1 Å². The summed E-state index contributed by atoms with van der Waals surface area (Å²) in [4.78, 5) is 1.97. The Balaban J connectivity index is 2.00. The van der Waals surface area contributed by atoms with Crippen LogP contribution in [0, 0.1) is 0 Å². The summed E-state index contributed by atoms with van der Waals surface area (Å²) in [5, 5.41) is 3.19. The predicted octanol–water partition coefficient (Wildman–Crippen LogP) is 2.00. The van der Waals surface area contributed by atoms with E-state index in [1.54, 1.807) is 0 Å². The maximum atomic E-state index is 6.34. The molecule has 2 unspecified atom stereocenters. The van der Waals surface area contributed by atoms with Gasteiger partial charge in [-0.3, -0.25) is 0 Å². The molecule has 1 fully saturated rings. The molecule has 1 saturated heterocycles. The summed E-state index contributed by atoms with van der Waals surface area (Å²) in [6, 6.07) is 5.79. The number of para-hydroxylation sites is 1. The molecule has 0 bridgehead atoms. The minimum atomic E-state index is -0.196. The van der Waals surface area contributed by atoms with Crippen LogP contribution in [0.3, 0.4) is 0 Å². The van der Waals surface area contributed by atoms with Crippen molar-refractivity contribution in [3.05, 3.63) is 18.2 Å². The molecule has 2 atom stereocenters. The monoisotopic (exact) mass is 288 g/mol. The normalized spacial score (nSPS) is 27.1. The van der Waals surface area contributed by atoms with E-state index in [1.807, 2.05) is 23.1 Å². The first-order valence-corrected chi connectivity index (χ1v) is 6.80. The fourth-order valence-corrected chi connectivity index (χ4v) is 3.02. The van der Waals surface area contributed by atoms with Crippen molar-refractivity contribution in [3.8, 4) is 11.5 Å². The molecule has 3 rings (SSSR count). The van der Waals surface area contributed by atoms with Gasteiger partial charge in [-0.2, -0.15) is 0 Å². The third-order valence-corrected chi connectivity index (χ3v) is 3.78. The van der Waals surface area contributed by atoms with Crippen LogP contribution in [0.15, 0.2) is 18.2 Å². The molecule has 2 heterocycles. The standard InChI is InChI=1S/C12H14Cl2N2O2/c13-10-6-15-7-11(14)16(10)8-2-1-3-9-12(8)18-5-4-17-9/h1-3,10-11,15H,4-7H2. The molecule has 18 heavy (non-hydrogen) atoms. The first-order chi connectivity index (χ1) is 8.77. The lowest BCUT2D eigenvalue weighted by Crippen LogP contribution is -2.53. The van der Waals surface area contributed by atoms with E-state index in [4.69, 9.17) is 32.7 Å². The summed E-state index contributed by atoms with van der Waals surface area (Å²) in [6.45, 7) is 2.51. The van der Waals surface area contributed by atoms with Gasteiger partial charge in [-0.25, -0.2) is 0 Å². The number of anilines is 1. The molecule has 1 aromatic rings. The van der Waals surface area contributed by atoms with E-state index in [-0.39, 0.29) is 11.0 Å². The molecular formula is C12H14Cl2N2O2. The summed E-state index contributed by atoms with van der Waals surface area (Å²) in [5.41, 5.74) is 0.505. The first kappa shape index (κ1) is 12.2. The molecule has 0 radical (unpaired) electrons. The lowest BCUT2D eigenvalue weighted by Gasteiger charge is -2.39. The molecular weight excluding hydrogens is 275 g/mol. The minimum Gasteiger partial charge on any atom is -0.486 e. The molecule has 0 spiro atoms. The van der Waals surface area contributed by atoms with Crippen molar-refractivity contribution in [2.75, 3.05) is 31.2 Å². The molecule has 1 aromatic carbocycles. The van der Waals surface area contributed by atoms with Crippen LogP contribution < -0.4 is 19.7 Å². The van der Waals surface area contributed by atoms with Crippen molar-refractivity contribution in [1.29, 1.82) is 0 Å². The van der Waals surface area contributed by atoms with Crippen LogP contribution >= 0.6 is 23.2 Å². The Morgan fingerprint density at radius 1 is 1.11 bits per heavy atom. The number of ether oxygens (including phenoxy) is 2.